The van der Waals surface area contributed by atoms with E-state index in [1.807, 2.05) is 32.0 Å². The molecule has 0 unspecified atom stereocenters. The normalized spacial score (nSPS) is 10.1. The number of aromatic nitrogens is 1. The predicted molar refractivity (Wildman–Crippen MR) is 77.1 cm³/mol. The molecule has 0 saturated heterocycles. The summed E-state index contributed by atoms with van der Waals surface area (Å²) in [4.78, 5) is 25.6. The summed E-state index contributed by atoms with van der Waals surface area (Å²) in [6.07, 6.45) is 1.50. The lowest BCUT2D eigenvalue weighted by molar-refractivity contribution is -0.118. The Kier molecular flexibility index (Phi) is 4.20. The Labute approximate surface area is 116 Å². The lowest BCUT2D eigenvalue weighted by Gasteiger charge is -2.09. The molecule has 1 aromatic carbocycles. The summed E-state index contributed by atoms with van der Waals surface area (Å²) in [7, 11) is 0. The van der Waals surface area contributed by atoms with Crippen molar-refractivity contribution in [3.8, 4) is 5.75 Å². The van der Waals surface area contributed by atoms with Gasteiger partial charge in [0.1, 0.15) is 11.4 Å². The highest BCUT2D eigenvalue weighted by Gasteiger charge is 2.07. The van der Waals surface area contributed by atoms with Crippen LogP contribution in [0.15, 0.2) is 41.3 Å². The van der Waals surface area contributed by atoms with E-state index in [4.69, 9.17) is 4.74 Å². The minimum atomic E-state index is -0.373. The first-order chi connectivity index (χ1) is 9.56. The van der Waals surface area contributed by atoms with E-state index >= 15 is 0 Å². The third-order valence-electron chi connectivity index (χ3n) is 2.78. The molecule has 0 atom stereocenters. The zero-order valence-electron chi connectivity index (χ0n) is 11.4. The van der Waals surface area contributed by atoms with E-state index in [2.05, 4.69) is 10.3 Å². The van der Waals surface area contributed by atoms with E-state index < -0.39 is 0 Å². The first kappa shape index (κ1) is 13.9. The molecule has 0 spiro atoms. The summed E-state index contributed by atoms with van der Waals surface area (Å²) < 4.78 is 5.44. The smallest absolute Gasteiger partial charge is 0.271 e. The number of hydrogen-bond donors (Lipinski definition) is 2. The fourth-order valence-corrected chi connectivity index (χ4v) is 1.81. The van der Waals surface area contributed by atoms with Gasteiger partial charge in [0.2, 0.25) is 0 Å². The maximum Gasteiger partial charge on any atom is 0.271 e. The quantitative estimate of drug-likeness (QED) is 0.894. The zero-order chi connectivity index (χ0) is 14.5. The minimum absolute atomic E-state index is 0.141. The SMILES string of the molecule is Cc1ccc(OCC(=O)Nc2ccc[nH]c2=O)c(C)c1. The monoisotopic (exact) mass is 272 g/mol. The third-order valence-corrected chi connectivity index (χ3v) is 2.78. The second-order valence-corrected chi connectivity index (χ2v) is 4.52. The maximum atomic E-state index is 11.7. The van der Waals surface area contributed by atoms with E-state index in [-0.39, 0.29) is 23.8 Å². The van der Waals surface area contributed by atoms with Crippen molar-refractivity contribution in [2.45, 2.75) is 13.8 Å². The van der Waals surface area contributed by atoms with Crippen LogP contribution in [0.4, 0.5) is 5.69 Å². The molecule has 0 fully saturated rings. The number of pyridine rings is 1. The molecule has 1 amide bonds. The van der Waals surface area contributed by atoms with Crippen molar-refractivity contribution in [1.82, 2.24) is 4.98 Å². The maximum absolute atomic E-state index is 11.7. The van der Waals surface area contributed by atoms with Crippen LogP contribution in [-0.2, 0) is 4.79 Å². The molecule has 2 aromatic rings. The van der Waals surface area contributed by atoms with Crippen LogP contribution < -0.4 is 15.6 Å². The lowest BCUT2D eigenvalue weighted by atomic mass is 10.1. The Morgan fingerprint density at radius 3 is 2.80 bits per heavy atom. The Morgan fingerprint density at radius 2 is 2.10 bits per heavy atom. The molecule has 0 bridgehead atoms. The van der Waals surface area contributed by atoms with Crippen LogP contribution in [0.3, 0.4) is 0 Å². The Morgan fingerprint density at radius 1 is 1.30 bits per heavy atom. The van der Waals surface area contributed by atoms with E-state index in [0.717, 1.165) is 11.1 Å². The molecule has 0 saturated carbocycles. The van der Waals surface area contributed by atoms with E-state index in [1.54, 1.807) is 6.07 Å². The van der Waals surface area contributed by atoms with Crippen molar-refractivity contribution in [2.75, 3.05) is 11.9 Å². The predicted octanol–water partition coefficient (Wildman–Crippen LogP) is 2.01. The summed E-state index contributed by atoms with van der Waals surface area (Å²) in [5.74, 6) is 0.286. The largest absolute Gasteiger partial charge is 0.483 e. The van der Waals surface area contributed by atoms with Gasteiger partial charge in [-0.05, 0) is 37.6 Å². The van der Waals surface area contributed by atoms with Crippen molar-refractivity contribution in [3.05, 3.63) is 58.0 Å². The number of carbonyl (C=O) groups is 1. The molecular weight excluding hydrogens is 256 g/mol. The van der Waals surface area contributed by atoms with Crippen molar-refractivity contribution in [2.24, 2.45) is 0 Å². The zero-order valence-corrected chi connectivity index (χ0v) is 11.4. The summed E-state index contributed by atoms with van der Waals surface area (Å²) in [6, 6.07) is 8.90. The van der Waals surface area contributed by atoms with Crippen LogP contribution in [0.2, 0.25) is 0 Å². The number of anilines is 1. The van der Waals surface area contributed by atoms with Crippen LogP contribution in [0.5, 0.6) is 5.75 Å². The minimum Gasteiger partial charge on any atom is -0.483 e. The van der Waals surface area contributed by atoms with Crippen LogP contribution >= 0.6 is 0 Å². The third kappa shape index (κ3) is 3.47. The Bertz CT molecular complexity index is 677. The number of hydrogen-bond acceptors (Lipinski definition) is 3. The molecule has 0 aliphatic carbocycles. The van der Waals surface area contributed by atoms with Gasteiger partial charge in [-0.1, -0.05) is 17.7 Å². The highest BCUT2D eigenvalue weighted by Crippen LogP contribution is 2.18. The summed E-state index contributed by atoms with van der Waals surface area (Å²) >= 11 is 0. The molecule has 5 heteroatoms. The average molecular weight is 272 g/mol. The van der Waals surface area contributed by atoms with Gasteiger partial charge < -0.3 is 15.0 Å². The summed E-state index contributed by atoms with van der Waals surface area (Å²) in [5.41, 5.74) is 1.97. The molecule has 2 N–H and O–H groups in total. The Hall–Kier alpha value is -2.56. The first-order valence-electron chi connectivity index (χ1n) is 6.24. The summed E-state index contributed by atoms with van der Waals surface area (Å²) in [5, 5.41) is 2.50. The molecule has 20 heavy (non-hydrogen) atoms. The molecule has 1 aromatic heterocycles. The van der Waals surface area contributed by atoms with Crippen LogP contribution in [0.25, 0.3) is 0 Å². The topological polar surface area (TPSA) is 71.2 Å². The number of nitrogens with one attached hydrogen (secondary N) is 2. The van der Waals surface area contributed by atoms with Crippen molar-refractivity contribution < 1.29 is 9.53 Å². The average Bonchev–Trinajstić information content (AvgIpc) is 2.40. The second kappa shape index (κ2) is 6.06. The molecule has 0 aliphatic heterocycles. The van der Waals surface area contributed by atoms with E-state index in [0.29, 0.717) is 5.75 Å². The molecule has 5 nitrogen and oxygen atoms in total. The number of aromatic amines is 1. The van der Waals surface area contributed by atoms with Gasteiger partial charge in [-0.15, -0.1) is 0 Å². The second-order valence-electron chi connectivity index (χ2n) is 4.52. The number of rotatable bonds is 4. The number of ether oxygens (including phenoxy) is 1. The van der Waals surface area contributed by atoms with Gasteiger partial charge in [-0.2, -0.15) is 0 Å². The van der Waals surface area contributed by atoms with Gasteiger partial charge in [-0.3, -0.25) is 9.59 Å². The molecule has 104 valence electrons. The van der Waals surface area contributed by atoms with E-state index in [9.17, 15) is 9.59 Å². The standard InChI is InChI=1S/C15H16N2O3/c1-10-5-6-13(11(2)8-10)20-9-14(18)17-12-4-3-7-16-15(12)19/h3-8H,9H2,1-2H3,(H,16,19)(H,17,18). The molecule has 0 aliphatic rings. The van der Waals surface area contributed by atoms with Crippen molar-refractivity contribution in [1.29, 1.82) is 0 Å². The fourth-order valence-electron chi connectivity index (χ4n) is 1.81. The van der Waals surface area contributed by atoms with E-state index in [1.165, 1.54) is 12.3 Å². The molecule has 0 radical (unpaired) electrons. The van der Waals surface area contributed by atoms with Crippen molar-refractivity contribution in [3.63, 3.8) is 0 Å². The van der Waals surface area contributed by atoms with Gasteiger partial charge in [0.05, 0.1) is 0 Å². The lowest BCUT2D eigenvalue weighted by Crippen LogP contribution is -2.24. The first-order valence-corrected chi connectivity index (χ1v) is 6.24. The van der Waals surface area contributed by atoms with Gasteiger partial charge in [0.25, 0.3) is 11.5 Å². The number of aryl methyl sites for hydroxylation is 2. The number of H-pyrrole nitrogens is 1. The van der Waals surface area contributed by atoms with Crippen LogP contribution in [-0.4, -0.2) is 17.5 Å². The van der Waals surface area contributed by atoms with Gasteiger partial charge in [0.15, 0.2) is 6.61 Å². The summed E-state index contributed by atoms with van der Waals surface area (Å²) in [6.45, 7) is 3.77. The van der Waals surface area contributed by atoms with Crippen LogP contribution in [0.1, 0.15) is 11.1 Å². The highest BCUT2D eigenvalue weighted by atomic mass is 16.5. The number of benzene rings is 1. The van der Waals surface area contributed by atoms with Crippen molar-refractivity contribution >= 4 is 11.6 Å². The molecule has 2 rings (SSSR count). The number of amides is 1. The van der Waals surface area contributed by atoms with Gasteiger partial charge in [-0.25, -0.2) is 0 Å². The molecule has 1 heterocycles. The Balaban J connectivity index is 1.96. The molecular formula is C15H16N2O3. The van der Waals surface area contributed by atoms with Gasteiger partial charge >= 0.3 is 0 Å². The van der Waals surface area contributed by atoms with Crippen LogP contribution in [0, 0.1) is 13.8 Å². The van der Waals surface area contributed by atoms with Gasteiger partial charge in [0, 0.05) is 6.20 Å². The highest BCUT2D eigenvalue weighted by molar-refractivity contribution is 5.91. The fraction of sp³-hybridized carbons (Fsp3) is 0.200. The number of carbonyl (C=O) groups excluding carboxylic acids is 1.